The molecule has 0 amide bonds. The molecule has 0 saturated carbocycles. The highest BCUT2D eigenvalue weighted by Crippen LogP contribution is 2.13. The molecule has 12 heavy (non-hydrogen) atoms. The van der Waals surface area contributed by atoms with Crippen LogP contribution in [0.4, 0.5) is 4.39 Å². The highest BCUT2D eigenvalue weighted by Gasteiger charge is 2.07. The topological polar surface area (TPSA) is 17.3 Å². The third kappa shape index (κ3) is 0.897. The smallest absolute Gasteiger partial charge is 0.171 e. The molecule has 2 aromatic rings. The molecule has 0 saturated heterocycles. The summed E-state index contributed by atoms with van der Waals surface area (Å²) in [6.45, 7) is 3.60. The minimum absolute atomic E-state index is 0.223. The highest BCUT2D eigenvalue weighted by molar-refractivity contribution is 5.50. The second-order valence-electron chi connectivity index (χ2n) is 2.93. The molecule has 0 fully saturated rings. The first-order chi connectivity index (χ1) is 5.68. The Hall–Kier alpha value is -1.38. The Labute approximate surface area is 69.6 Å². The van der Waals surface area contributed by atoms with Crippen LogP contribution in [0.25, 0.3) is 5.52 Å². The molecule has 0 aromatic carbocycles. The summed E-state index contributed by atoms with van der Waals surface area (Å²) in [5.41, 5.74) is 2.04. The first kappa shape index (κ1) is 7.28. The van der Waals surface area contributed by atoms with E-state index in [1.54, 1.807) is 23.7 Å². The van der Waals surface area contributed by atoms with Gasteiger partial charge in [0.15, 0.2) is 5.82 Å². The second kappa shape index (κ2) is 2.30. The van der Waals surface area contributed by atoms with Gasteiger partial charge in [-0.2, -0.15) is 5.10 Å². The first-order valence-corrected chi connectivity index (χ1v) is 3.79. The minimum Gasteiger partial charge on any atom is -0.238 e. The van der Waals surface area contributed by atoms with Gasteiger partial charge in [-0.25, -0.2) is 8.91 Å². The molecule has 0 spiro atoms. The number of aromatic nitrogens is 2. The Morgan fingerprint density at radius 1 is 1.42 bits per heavy atom. The van der Waals surface area contributed by atoms with Gasteiger partial charge < -0.3 is 0 Å². The van der Waals surface area contributed by atoms with Crippen LogP contribution in [0.2, 0.25) is 0 Å². The van der Waals surface area contributed by atoms with Crippen molar-refractivity contribution in [2.75, 3.05) is 0 Å². The van der Waals surface area contributed by atoms with Gasteiger partial charge in [-0.05, 0) is 31.5 Å². The van der Waals surface area contributed by atoms with Crippen molar-refractivity contribution >= 4 is 5.52 Å². The Morgan fingerprint density at radius 2 is 2.17 bits per heavy atom. The van der Waals surface area contributed by atoms with Crippen LogP contribution < -0.4 is 0 Å². The van der Waals surface area contributed by atoms with E-state index in [-0.39, 0.29) is 5.82 Å². The van der Waals surface area contributed by atoms with E-state index in [9.17, 15) is 4.39 Å². The van der Waals surface area contributed by atoms with E-state index in [0.29, 0.717) is 11.2 Å². The predicted octanol–water partition coefficient (Wildman–Crippen LogP) is 2.09. The SMILES string of the molecule is Cc1ccn2nc(C)c(F)c2c1. The van der Waals surface area contributed by atoms with E-state index in [4.69, 9.17) is 0 Å². The van der Waals surface area contributed by atoms with Crippen molar-refractivity contribution in [3.05, 3.63) is 35.4 Å². The molecule has 2 nitrogen and oxygen atoms in total. The van der Waals surface area contributed by atoms with Crippen molar-refractivity contribution in [2.45, 2.75) is 13.8 Å². The Morgan fingerprint density at radius 3 is 2.92 bits per heavy atom. The summed E-state index contributed by atoms with van der Waals surface area (Å²) in [5, 5.41) is 4.00. The third-order valence-electron chi connectivity index (χ3n) is 1.89. The van der Waals surface area contributed by atoms with Crippen LogP contribution in [0.15, 0.2) is 18.3 Å². The van der Waals surface area contributed by atoms with Crippen LogP contribution >= 0.6 is 0 Å². The number of hydrogen-bond donors (Lipinski definition) is 0. The first-order valence-electron chi connectivity index (χ1n) is 3.79. The number of nitrogens with zero attached hydrogens (tertiary/aromatic N) is 2. The number of aryl methyl sites for hydroxylation is 2. The largest absolute Gasteiger partial charge is 0.238 e. The average Bonchev–Trinajstić information content (AvgIpc) is 2.31. The number of pyridine rings is 1. The molecule has 62 valence electrons. The number of fused-ring (bicyclic) bond motifs is 1. The van der Waals surface area contributed by atoms with Crippen molar-refractivity contribution in [1.82, 2.24) is 9.61 Å². The lowest BCUT2D eigenvalue weighted by Gasteiger charge is -1.93. The van der Waals surface area contributed by atoms with Crippen molar-refractivity contribution in [1.29, 1.82) is 0 Å². The molecule has 0 aliphatic heterocycles. The van der Waals surface area contributed by atoms with Crippen LogP contribution in [-0.2, 0) is 0 Å². The second-order valence-corrected chi connectivity index (χ2v) is 2.93. The van der Waals surface area contributed by atoms with Crippen LogP contribution in [0.3, 0.4) is 0 Å². The zero-order valence-corrected chi connectivity index (χ0v) is 7.00. The fourth-order valence-electron chi connectivity index (χ4n) is 1.24. The van der Waals surface area contributed by atoms with Gasteiger partial charge in [0, 0.05) is 6.20 Å². The average molecular weight is 164 g/mol. The van der Waals surface area contributed by atoms with Gasteiger partial charge in [0.25, 0.3) is 0 Å². The number of hydrogen-bond acceptors (Lipinski definition) is 1. The van der Waals surface area contributed by atoms with Crippen LogP contribution in [0.1, 0.15) is 11.3 Å². The van der Waals surface area contributed by atoms with Gasteiger partial charge in [0.05, 0.1) is 5.69 Å². The quantitative estimate of drug-likeness (QED) is 0.582. The number of halogens is 1. The summed E-state index contributed by atoms with van der Waals surface area (Å²) in [4.78, 5) is 0. The van der Waals surface area contributed by atoms with Gasteiger partial charge in [0.2, 0.25) is 0 Å². The summed E-state index contributed by atoms with van der Waals surface area (Å²) < 4.78 is 14.8. The summed E-state index contributed by atoms with van der Waals surface area (Å²) in [5.74, 6) is -0.223. The maximum Gasteiger partial charge on any atom is 0.171 e. The molecule has 0 radical (unpaired) electrons. The molecule has 0 N–H and O–H groups in total. The van der Waals surface area contributed by atoms with E-state index in [1.807, 2.05) is 13.0 Å². The van der Waals surface area contributed by atoms with Gasteiger partial charge in [-0.3, -0.25) is 0 Å². The normalized spacial score (nSPS) is 10.9. The van der Waals surface area contributed by atoms with Crippen LogP contribution in [0.5, 0.6) is 0 Å². The lowest BCUT2D eigenvalue weighted by atomic mass is 10.2. The molecule has 0 atom stereocenters. The molecule has 2 rings (SSSR count). The molecular weight excluding hydrogens is 155 g/mol. The zero-order chi connectivity index (χ0) is 8.72. The summed E-state index contributed by atoms with van der Waals surface area (Å²) >= 11 is 0. The minimum atomic E-state index is -0.223. The van der Waals surface area contributed by atoms with Crippen molar-refractivity contribution < 1.29 is 4.39 Å². The Bertz CT molecular complexity index is 431. The van der Waals surface area contributed by atoms with Gasteiger partial charge >= 0.3 is 0 Å². The molecule has 0 unspecified atom stereocenters. The fourth-order valence-corrected chi connectivity index (χ4v) is 1.24. The van der Waals surface area contributed by atoms with E-state index in [1.165, 1.54) is 0 Å². The summed E-state index contributed by atoms with van der Waals surface area (Å²) in [6, 6.07) is 3.69. The standard InChI is InChI=1S/C9H9FN2/c1-6-3-4-12-8(5-6)9(10)7(2)11-12/h3-5H,1-2H3. The van der Waals surface area contributed by atoms with E-state index in [0.717, 1.165) is 5.56 Å². The van der Waals surface area contributed by atoms with Gasteiger partial charge in [-0.1, -0.05) is 0 Å². The van der Waals surface area contributed by atoms with Gasteiger partial charge in [-0.15, -0.1) is 0 Å². The molecule has 0 aliphatic carbocycles. The van der Waals surface area contributed by atoms with Crippen LogP contribution in [0, 0.1) is 19.7 Å². The summed E-state index contributed by atoms with van der Waals surface area (Å²) in [6.07, 6.45) is 1.76. The highest BCUT2D eigenvalue weighted by atomic mass is 19.1. The van der Waals surface area contributed by atoms with E-state index >= 15 is 0 Å². The lowest BCUT2D eigenvalue weighted by molar-refractivity contribution is 0.629. The fraction of sp³-hybridized carbons (Fsp3) is 0.222. The van der Waals surface area contributed by atoms with Crippen LogP contribution in [-0.4, -0.2) is 9.61 Å². The third-order valence-corrected chi connectivity index (χ3v) is 1.89. The molecule has 0 bridgehead atoms. The molecule has 3 heteroatoms. The maximum atomic E-state index is 13.3. The van der Waals surface area contributed by atoms with Crippen molar-refractivity contribution in [3.8, 4) is 0 Å². The van der Waals surface area contributed by atoms with Crippen molar-refractivity contribution in [2.24, 2.45) is 0 Å². The lowest BCUT2D eigenvalue weighted by Crippen LogP contribution is -1.86. The summed E-state index contributed by atoms with van der Waals surface area (Å²) in [7, 11) is 0. The van der Waals surface area contributed by atoms with Crippen molar-refractivity contribution in [3.63, 3.8) is 0 Å². The Kier molecular flexibility index (Phi) is 1.40. The molecular formula is C9H9FN2. The maximum absolute atomic E-state index is 13.3. The van der Waals surface area contributed by atoms with Gasteiger partial charge in [0.1, 0.15) is 5.52 Å². The predicted molar refractivity (Wildman–Crippen MR) is 44.6 cm³/mol. The van der Waals surface area contributed by atoms with E-state index < -0.39 is 0 Å². The van der Waals surface area contributed by atoms with E-state index in [2.05, 4.69) is 5.10 Å². The number of rotatable bonds is 0. The Balaban J connectivity index is 2.88. The molecule has 2 aromatic heterocycles. The zero-order valence-electron chi connectivity index (χ0n) is 7.00. The molecule has 0 aliphatic rings. The molecule has 2 heterocycles. The monoisotopic (exact) mass is 164 g/mol.